The molecular formula is C26H34N4O. The number of amides is 1. The Morgan fingerprint density at radius 1 is 0.935 bits per heavy atom. The molecule has 2 heterocycles. The maximum Gasteiger partial charge on any atom is 0.257 e. The summed E-state index contributed by atoms with van der Waals surface area (Å²) in [6, 6.07) is 14.8. The van der Waals surface area contributed by atoms with Crippen LogP contribution in [-0.4, -0.2) is 65.7 Å². The summed E-state index contributed by atoms with van der Waals surface area (Å²) in [5.74, 6) is 0.0945. The van der Waals surface area contributed by atoms with Crippen LogP contribution in [0.15, 0.2) is 47.6 Å². The number of nitrogens with zero attached hydrogens (tertiary/aromatic N) is 4. The summed E-state index contributed by atoms with van der Waals surface area (Å²) < 4.78 is 0. The molecule has 164 valence electrons. The zero-order chi connectivity index (χ0) is 22.0. The van der Waals surface area contributed by atoms with Crippen LogP contribution < -0.4 is 0 Å². The van der Waals surface area contributed by atoms with Gasteiger partial charge in [0, 0.05) is 32.6 Å². The summed E-state index contributed by atoms with van der Waals surface area (Å²) in [4.78, 5) is 18.1. The first-order valence-corrected chi connectivity index (χ1v) is 11.4. The Labute approximate surface area is 186 Å². The van der Waals surface area contributed by atoms with Crippen molar-refractivity contribution in [3.8, 4) is 0 Å². The van der Waals surface area contributed by atoms with Gasteiger partial charge >= 0.3 is 0 Å². The minimum atomic E-state index is -0.0396. The Bertz CT molecular complexity index is 975. The lowest BCUT2D eigenvalue weighted by Crippen LogP contribution is -2.49. The first kappa shape index (κ1) is 21.7. The van der Waals surface area contributed by atoms with Crippen LogP contribution in [-0.2, 0) is 4.79 Å². The van der Waals surface area contributed by atoms with Crippen molar-refractivity contribution in [1.82, 2.24) is 14.8 Å². The molecule has 0 unspecified atom stereocenters. The van der Waals surface area contributed by atoms with Gasteiger partial charge in [-0.25, -0.2) is 5.01 Å². The van der Waals surface area contributed by atoms with Gasteiger partial charge in [0.2, 0.25) is 0 Å². The highest BCUT2D eigenvalue weighted by Gasteiger charge is 2.34. The summed E-state index contributed by atoms with van der Waals surface area (Å²) in [6.45, 7) is 14.0. The van der Waals surface area contributed by atoms with Crippen molar-refractivity contribution in [2.75, 3.05) is 39.3 Å². The number of likely N-dealkylation sites (N-methyl/N-ethyl adjacent to an activating group) is 1. The molecule has 0 spiro atoms. The van der Waals surface area contributed by atoms with Crippen molar-refractivity contribution < 1.29 is 4.79 Å². The van der Waals surface area contributed by atoms with E-state index in [4.69, 9.17) is 5.10 Å². The molecule has 0 radical (unpaired) electrons. The number of hydrogen-bond acceptors (Lipinski definition) is 4. The van der Waals surface area contributed by atoms with Crippen molar-refractivity contribution in [2.24, 2.45) is 5.10 Å². The van der Waals surface area contributed by atoms with Gasteiger partial charge in [-0.15, -0.1) is 0 Å². The zero-order valence-corrected chi connectivity index (χ0v) is 19.3. The van der Waals surface area contributed by atoms with Crippen LogP contribution in [0.2, 0.25) is 0 Å². The second-order valence-electron chi connectivity index (χ2n) is 8.87. The highest BCUT2D eigenvalue weighted by atomic mass is 16.2. The second-order valence-corrected chi connectivity index (χ2v) is 8.87. The molecule has 5 nitrogen and oxygen atoms in total. The van der Waals surface area contributed by atoms with E-state index >= 15 is 0 Å². The number of carbonyl (C=O) groups is 1. The van der Waals surface area contributed by atoms with Crippen LogP contribution in [0.3, 0.4) is 0 Å². The number of carbonyl (C=O) groups excluding carboxylic acids is 1. The molecule has 2 aliphatic rings. The van der Waals surface area contributed by atoms with Gasteiger partial charge in [-0.1, -0.05) is 43.3 Å². The predicted octanol–water partition coefficient (Wildman–Crippen LogP) is 3.93. The number of benzene rings is 2. The topological polar surface area (TPSA) is 39.1 Å². The normalized spacial score (nSPS) is 20.2. The van der Waals surface area contributed by atoms with E-state index in [0.717, 1.165) is 50.4 Å². The first-order valence-electron chi connectivity index (χ1n) is 11.4. The van der Waals surface area contributed by atoms with E-state index < -0.39 is 0 Å². The van der Waals surface area contributed by atoms with Crippen molar-refractivity contribution in [1.29, 1.82) is 0 Å². The largest absolute Gasteiger partial charge is 0.301 e. The average Bonchev–Trinajstić information content (AvgIpc) is 3.22. The fourth-order valence-corrected chi connectivity index (χ4v) is 4.57. The van der Waals surface area contributed by atoms with E-state index in [1.807, 2.05) is 0 Å². The van der Waals surface area contributed by atoms with Crippen LogP contribution >= 0.6 is 0 Å². The highest BCUT2D eigenvalue weighted by molar-refractivity contribution is 6.03. The van der Waals surface area contributed by atoms with Gasteiger partial charge in [-0.05, 0) is 61.2 Å². The third-order valence-electron chi connectivity index (χ3n) is 6.82. The molecule has 0 aliphatic carbocycles. The highest BCUT2D eigenvalue weighted by Crippen LogP contribution is 2.34. The van der Waals surface area contributed by atoms with Gasteiger partial charge in [0.15, 0.2) is 0 Å². The molecule has 4 rings (SSSR count). The third kappa shape index (κ3) is 4.73. The van der Waals surface area contributed by atoms with Gasteiger partial charge in [0.1, 0.15) is 0 Å². The lowest BCUT2D eigenvalue weighted by Gasteiger charge is -2.34. The average molecular weight is 419 g/mol. The van der Waals surface area contributed by atoms with E-state index in [2.05, 4.69) is 80.0 Å². The van der Waals surface area contributed by atoms with Crippen molar-refractivity contribution in [3.63, 3.8) is 0 Å². The molecule has 5 heteroatoms. The molecule has 2 aromatic carbocycles. The molecule has 2 aliphatic heterocycles. The van der Waals surface area contributed by atoms with Gasteiger partial charge in [0.25, 0.3) is 5.91 Å². The summed E-state index contributed by atoms with van der Waals surface area (Å²) in [6.07, 6.45) is 0.753. The van der Waals surface area contributed by atoms with E-state index in [9.17, 15) is 4.79 Å². The van der Waals surface area contributed by atoms with Gasteiger partial charge in [0.05, 0.1) is 18.3 Å². The number of hydrogen-bond donors (Lipinski definition) is 0. The quantitative estimate of drug-likeness (QED) is 0.739. The summed E-state index contributed by atoms with van der Waals surface area (Å²) >= 11 is 0. The molecule has 1 atom stereocenters. The van der Waals surface area contributed by atoms with E-state index in [1.54, 1.807) is 5.01 Å². The summed E-state index contributed by atoms with van der Waals surface area (Å²) in [5.41, 5.74) is 7.05. The van der Waals surface area contributed by atoms with Crippen LogP contribution in [0.1, 0.15) is 47.2 Å². The smallest absolute Gasteiger partial charge is 0.257 e. The first-order chi connectivity index (χ1) is 15.0. The lowest BCUT2D eigenvalue weighted by molar-refractivity contribution is -0.134. The lowest BCUT2D eigenvalue weighted by atomic mass is 9.94. The molecule has 1 fully saturated rings. The maximum absolute atomic E-state index is 13.4. The SMILES string of the molecule is CCN1CCN(CC(=O)N2N=C(c3ccc(C)c(C)c3)C[C@H]2c2ccccc2C)CC1. The third-order valence-corrected chi connectivity index (χ3v) is 6.82. The van der Waals surface area contributed by atoms with Gasteiger partial charge in [-0.3, -0.25) is 9.69 Å². The van der Waals surface area contributed by atoms with Crippen molar-refractivity contribution in [3.05, 3.63) is 70.3 Å². The number of rotatable bonds is 5. The maximum atomic E-state index is 13.4. The molecule has 0 N–H and O–H groups in total. The van der Waals surface area contributed by atoms with Crippen molar-refractivity contribution >= 4 is 11.6 Å². The zero-order valence-electron chi connectivity index (χ0n) is 19.3. The van der Waals surface area contributed by atoms with E-state index in [-0.39, 0.29) is 11.9 Å². The van der Waals surface area contributed by atoms with Crippen molar-refractivity contribution in [2.45, 2.75) is 40.2 Å². The Morgan fingerprint density at radius 2 is 1.65 bits per heavy atom. The molecular weight excluding hydrogens is 384 g/mol. The predicted molar refractivity (Wildman–Crippen MR) is 126 cm³/mol. The monoisotopic (exact) mass is 418 g/mol. The van der Waals surface area contributed by atoms with Crippen LogP contribution in [0, 0.1) is 20.8 Å². The molecule has 0 bridgehead atoms. The van der Waals surface area contributed by atoms with Gasteiger partial charge < -0.3 is 4.90 Å². The second kappa shape index (κ2) is 9.33. The van der Waals surface area contributed by atoms with Gasteiger partial charge in [-0.2, -0.15) is 5.10 Å². The number of hydrazone groups is 1. The van der Waals surface area contributed by atoms with E-state index in [0.29, 0.717) is 6.54 Å². The molecule has 1 amide bonds. The summed E-state index contributed by atoms with van der Waals surface area (Å²) in [7, 11) is 0. The number of piperazine rings is 1. The fourth-order valence-electron chi connectivity index (χ4n) is 4.57. The Morgan fingerprint density at radius 3 is 2.32 bits per heavy atom. The van der Waals surface area contributed by atoms with Crippen LogP contribution in [0.5, 0.6) is 0 Å². The van der Waals surface area contributed by atoms with E-state index in [1.165, 1.54) is 22.3 Å². The Hall–Kier alpha value is -2.50. The fraction of sp³-hybridized carbons (Fsp3) is 0.462. The molecule has 31 heavy (non-hydrogen) atoms. The van der Waals surface area contributed by atoms with Crippen LogP contribution in [0.4, 0.5) is 0 Å². The standard InChI is InChI=1S/C26H34N4O/c1-5-28-12-14-29(15-13-28)18-26(31)30-25(23-9-7-6-8-20(23)3)17-24(27-30)22-11-10-19(2)21(4)16-22/h6-11,16,25H,5,12-15,17-18H2,1-4H3/t25-/m0/s1. The molecule has 0 aromatic heterocycles. The summed E-state index contributed by atoms with van der Waals surface area (Å²) in [5, 5.41) is 6.65. The Balaban J connectivity index is 1.58. The number of aryl methyl sites for hydroxylation is 3. The molecule has 2 aromatic rings. The van der Waals surface area contributed by atoms with Crippen LogP contribution in [0.25, 0.3) is 0 Å². The molecule has 0 saturated carbocycles. The Kier molecular flexibility index (Phi) is 6.54. The minimum absolute atomic E-state index is 0.0396. The minimum Gasteiger partial charge on any atom is -0.301 e. The molecule has 1 saturated heterocycles.